The quantitative estimate of drug-likeness (QED) is 0.804. The first-order valence-electron chi connectivity index (χ1n) is 9.02. The van der Waals surface area contributed by atoms with E-state index in [4.69, 9.17) is 4.74 Å². The molecule has 3 rings (SSSR count). The number of anilines is 1. The Morgan fingerprint density at radius 3 is 2.50 bits per heavy atom. The fourth-order valence-corrected chi connectivity index (χ4v) is 4.23. The van der Waals surface area contributed by atoms with E-state index in [1.165, 1.54) is 23.0 Å². The number of carbonyl (C=O) groups excluding carboxylic acids is 1. The number of ether oxygens (including phenoxy) is 1. The Labute approximate surface area is 165 Å². The Morgan fingerprint density at radius 2 is 1.89 bits per heavy atom. The first kappa shape index (κ1) is 20.0. The summed E-state index contributed by atoms with van der Waals surface area (Å²) in [5.41, 5.74) is 1.42. The number of rotatable bonds is 6. The van der Waals surface area contributed by atoms with E-state index in [-0.39, 0.29) is 11.8 Å². The maximum Gasteiger partial charge on any atom is 0.236 e. The molecule has 8 heteroatoms. The van der Waals surface area contributed by atoms with Gasteiger partial charge in [-0.1, -0.05) is 30.3 Å². The van der Waals surface area contributed by atoms with Gasteiger partial charge in [0.05, 0.1) is 19.0 Å². The molecule has 1 saturated heterocycles. The normalized spacial score (nSPS) is 16.2. The Balaban J connectivity index is 1.54. The molecular weight excluding hydrogens is 378 g/mol. The lowest BCUT2D eigenvalue weighted by Gasteiger charge is -2.29. The van der Waals surface area contributed by atoms with Gasteiger partial charge in [-0.3, -0.25) is 4.79 Å². The number of sulfonamides is 1. The van der Waals surface area contributed by atoms with Gasteiger partial charge in [-0.2, -0.15) is 4.31 Å². The van der Waals surface area contributed by atoms with Crippen molar-refractivity contribution in [3.8, 4) is 5.88 Å². The summed E-state index contributed by atoms with van der Waals surface area (Å²) in [5.74, 6) is 0.121. The standard InChI is InChI=1S/C20H23N3O4S/c1-27-19-8-7-18(15-21-19)22-20(24)17-9-12-23(13-10-17)28(25,26)14-11-16-5-3-2-4-6-16/h2-8,11,14-15,17H,9-10,12-13H2,1H3,(H,22,24). The topological polar surface area (TPSA) is 88.6 Å². The van der Waals surface area contributed by atoms with E-state index >= 15 is 0 Å². The second kappa shape index (κ2) is 8.99. The molecule has 1 N–H and O–H groups in total. The van der Waals surface area contributed by atoms with Crippen LogP contribution in [0.25, 0.3) is 6.08 Å². The van der Waals surface area contributed by atoms with E-state index in [1.54, 1.807) is 18.2 Å². The second-order valence-electron chi connectivity index (χ2n) is 6.51. The molecule has 2 aromatic rings. The Morgan fingerprint density at radius 1 is 1.18 bits per heavy atom. The highest BCUT2D eigenvalue weighted by Crippen LogP contribution is 2.22. The fourth-order valence-electron chi connectivity index (χ4n) is 3.01. The fraction of sp³-hybridized carbons (Fsp3) is 0.300. The van der Waals surface area contributed by atoms with Crippen LogP contribution in [0.3, 0.4) is 0 Å². The van der Waals surface area contributed by atoms with Crippen LogP contribution < -0.4 is 10.1 Å². The Kier molecular flexibility index (Phi) is 6.43. The number of benzene rings is 1. The highest BCUT2D eigenvalue weighted by molar-refractivity contribution is 7.92. The zero-order chi connectivity index (χ0) is 20.0. The van der Waals surface area contributed by atoms with Crippen molar-refractivity contribution in [3.63, 3.8) is 0 Å². The molecule has 1 aromatic carbocycles. The summed E-state index contributed by atoms with van der Waals surface area (Å²) in [4.78, 5) is 16.5. The smallest absolute Gasteiger partial charge is 0.236 e. The van der Waals surface area contributed by atoms with Crippen molar-refractivity contribution < 1.29 is 17.9 Å². The average Bonchev–Trinajstić information content (AvgIpc) is 2.74. The largest absolute Gasteiger partial charge is 0.481 e. The summed E-state index contributed by atoms with van der Waals surface area (Å²) in [6.45, 7) is 0.640. The number of piperidine rings is 1. The van der Waals surface area contributed by atoms with Crippen molar-refractivity contribution in [1.82, 2.24) is 9.29 Å². The molecule has 1 aromatic heterocycles. The molecule has 0 radical (unpaired) electrons. The van der Waals surface area contributed by atoms with Gasteiger partial charge in [0.2, 0.25) is 21.8 Å². The van der Waals surface area contributed by atoms with Gasteiger partial charge >= 0.3 is 0 Å². The van der Waals surface area contributed by atoms with Crippen molar-refractivity contribution in [3.05, 3.63) is 59.6 Å². The molecule has 0 saturated carbocycles. The highest BCUT2D eigenvalue weighted by atomic mass is 32.2. The van der Waals surface area contributed by atoms with Gasteiger partial charge in [0.25, 0.3) is 0 Å². The number of amides is 1. The van der Waals surface area contributed by atoms with Crippen molar-refractivity contribution in [2.24, 2.45) is 5.92 Å². The highest BCUT2D eigenvalue weighted by Gasteiger charge is 2.30. The lowest BCUT2D eigenvalue weighted by molar-refractivity contribution is -0.120. The molecule has 1 amide bonds. The minimum absolute atomic E-state index is 0.121. The maximum absolute atomic E-state index is 12.5. The van der Waals surface area contributed by atoms with Crippen LogP contribution in [0.2, 0.25) is 0 Å². The van der Waals surface area contributed by atoms with Crippen molar-refractivity contribution in [1.29, 1.82) is 0 Å². The number of hydrogen-bond acceptors (Lipinski definition) is 5. The lowest BCUT2D eigenvalue weighted by Crippen LogP contribution is -2.40. The van der Waals surface area contributed by atoms with Gasteiger partial charge in [0.1, 0.15) is 0 Å². The van der Waals surface area contributed by atoms with E-state index in [0.29, 0.717) is 37.5 Å². The minimum Gasteiger partial charge on any atom is -0.481 e. The third-order valence-electron chi connectivity index (χ3n) is 4.63. The number of methoxy groups -OCH3 is 1. The van der Waals surface area contributed by atoms with Crippen LogP contribution in [-0.4, -0.2) is 43.8 Å². The summed E-state index contributed by atoms with van der Waals surface area (Å²) in [6.07, 6.45) is 4.08. The van der Waals surface area contributed by atoms with Gasteiger partial charge in [-0.25, -0.2) is 13.4 Å². The summed E-state index contributed by atoms with van der Waals surface area (Å²) in [6, 6.07) is 12.7. The third-order valence-corrected chi connectivity index (χ3v) is 6.19. The second-order valence-corrected chi connectivity index (χ2v) is 8.33. The molecule has 2 heterocycles. The maximum atomic E-state index is 12.5. The number of hydrogen-bond donors (Lipinski definition) is 1. The summed E-state index contributed by atoms with van der Waals surface area (Å²) >= 11 is 0. The molecule has 1 aliphatic heterocycles. The van der Waals surface area contributed by atoms with E-state index < -0.39 is 10.0 Å². The van der Waals surface area contributed by atoms with Crippen LogP contribution in [0.4, 0.5) is 5.69 Å². The molecule has 1 fully saturated rings. The molecule has 28 heavy (non-hydrogen) atoms. The molecule has 7 nitrogen and oxygen atoms in total. The number of aromatic nitrogens is 1. The van der Waals surface area contributed by atoms with E-state index in [1.807, 2.05) is 30.3 Å². The van der Waals surface area contributed by atoms with Crippen LogP contribution in [0.1, 0.15) is 18.4 Å². The molecule has 0 unspecified atom stereocenters. The molecular formula is C20H23N3O4S. The van der Waals surface area contributed by atoms with Gasteiger partial charge in [-0.15, -0.1) is 0 Å². The predicted molar refractivity (Wildman–Crippen MR) is 108 cm³/mol. The molecule has 0 atom stereocenters. The summed E-state index contributed by atoms with van der Waals surface area (Å²) in [7, 11) is -1.97. The first-order chi connectivity index (χ1) is 13.5. The number of pyridine rings is 1. The number of nitrogens with one attached hydrogen (secondary N) is 1. The van der Waals surface area contributed by atoms with E-state index in [9.17, 15) is 13.2 Å². The Hall–Kier alpha value is -2.71. The van der Waals surface area contributed by atoms with Crippen molar-refractivity contribution in [2.75, 3.05) is 25.5 Å². The van der Waals surface area contributed by atoms with Gasteiger partial charge in [0, 0.05) is 30.5 Å². The van der Waals surface area contributed by atoms with Crippen molar-refractivity contribution in [2.45, 2.75) is 12.8 Å². The summed E-state index contributed by atoms with van der Waals surface area (Å²) < 4.78 is 31.4. The van der Waals surface area contributed by atoms with E-state index in [2.05, 4.69) is 10.3 Å². The third kappa shape index (κ3) is 5.17. The van der Waals surface area contributed by atoms with Gasteiger partial charge in [0.15, 0.2) is 0 Å². The molecule has 148 valence electrons. The van der Waals surface area contributed by atoms with Gasteiger partial charge in [-0.05, 0) is 30.5 Å². The molecule has 1 aliphatic rings. The van der Waals surface area contributed by atoms with Crippen LogP contribution in [-0.2, 0) is 14.8 Å². The summed E-state index contributed by atoms with van der Waals surface area (Å²) in [5, 5.41) is 4.05. The zero-order valence-electron chi connectivity index (χ0n) is 15.6. The Bertz CT molecular complexity index is 920. The molecule has 0 aliphatic carbocycles. The lowest BCUT2D eigenvalue weighted by atomic mass is 9.97. The predicted octanol–water partition coefficient (Wildman–Crippen LogP) is 2.74. The zero-order valence-corrected chi connectivity index (χ0v) is 16.4. The number of carbonyl (C=O) groups is 1. The van der Waals surface area contributed by atoms with Crippen LogP contribution in [0, 0.1) is 5.92 Å². The van der Waals surface area contributed by atoms with Crippen LogP contribution in [0.15, 0.2) is 54.1 Å². The van der Waals surface area contributed by atoms with Gasteiger partial charge < -0.3 is 10.1 Å². The number of nitrogens with zero attached hydrogens (tertiary/aromatic N) is 2. The SMILES string of the molecule is COc1ccc(NC(=O)C2CCN(S(=O)(=O)C=Cc3ccccc3)CC2)cn1. The van der Waals surface area contributed by atoms with E-state index in [0.717, 1.165) is 5.56 Å². The minimum atomic E-state index is -3.50. The average molecular weight is 401 g/mol. The molecule has 0 bridgehead atoms. The molecule has 0 spiro atoms. The van der Waals surface area contributed by atoms with Crippen molar-refractivity contribution >= 4 is 27.7 Å². The monoisotopic (exact) mass is 401 g/mol. The first-order valence-corrected chi connectivity index (χ1v) is 10.5. The van der Waals surface area contributed by atoms with Crippen LogP contribution >= 0.6 is 0 Å². The van der Waals surface area contributed by atoms with Crippen LogP contribution in [0.5, 0.6) is 5.88 Å².